The number of nitrogens with zero attached hydrogens (tertiary/aromatic N) is 4. The van der Waals surface area contributed by atoms with Crippen LogP contribution in [0.3, 0.4) is 0 Å². The minimum atomic E-state index is 0.667. The number of rotatable bonds is 3. The Balaban J connectivity index is 1.38. The third-order valence-corrected chi connectivity index (χ3v) is 8.40. The van der Waals surface area contributed by atoms with Crippen molar-refractivity contribution in [3.63, 3.8) is 0 Å². The van der Waals surface area contributed by atoms with Crippen LogP contribution in [0.4, 0.5) is 0 Å². The Hall–Kier alpha value is -5.74. The van der Waals surface area contributed by atoms with Crippen molar-refractivity contribution in [2.75, 3.05) is 0 Å². The number of fused-ring (bicyclic) bond motifs is 8. The molecule has 0 spiro atoms. The van der Waals surface area contributed by atoms with Crippen LogP contribution in [-0.2, 0) is 0 Å². The second-order valence-electron chi connectivity index (χ2n) is 10.7. The summed E-state index contributed by atoms with van der Waals surface area (Å²) >= 11 is 0. The fourth-order valence-corrected chi connectivity index (χ4v) is 6.53. The third-order valence-electron chi connectivity index (χ3n) is 8.40. The van der Waals surface area contributed by atoms with Crippen molar-refractivity contribution in [3.8, 4) is 22.8 Å². The first-order chi connectivity index (χ1) is 20.8. The molecule has 0 saturated carbocycles. The molecule has 196 valence electrons. The Morgan fingerprint density at radius 3 is 1.76 bits per heavy atom. The van der Waals surface area contributed by atoms with Gasteiger partial charge >= 0.3 is 0 Å². The van der Waals surface area contributed by atoms with Crippen LogP contribution in [0.25, 0.3) is 77.1 Å². The highest BCUT2D eigenvalue weighted by molar-refractivity contribution is 6.22. The molecule has 0 aliphatic rings. The molecule has 0 amide bonds. The topological polar surface area (TPSA) is 35.6 Å². The molecular weight excluding hydrogens is 512 g/mol. The van der Waals surface area contributed by atoms with Crippen LogP contribution in [0.15, 0.2) is 146 Å². The van der Waals surface area contributed by atoms with Gasteiger partial charge in [-0.15, -0.1) is 0 Å². The largest absolute Gasteiger partial charge is 0.309 e. The number of para-hydroxylation sites is 3. The highest BCUT2D eigenvalue weighted by Gasteiger charge is 2.19. The van der Waals surface area contributed by atoms with Gasteiger partial charge in [0, 0.05) is 50.6 Å². The van der Waals surface area contributed by atoms with Crippen LogP contribution in [0.2, 0.25) is 0 Å². The number of benzene rings is 6. The second kappa shape index (κ2) is 8.88. The van der Waals surface area contributed by atoms with Gasteiger partial charge in [-0.2, -0.15) is 0 Å². The Morgan fingerprint density at radius 2 is 1.02 bits per heavy atom. The van der Waals surface area contributed by atoms with Gasteiger partial charge in [0.1, 0.15) is 0 Å². The molecule has 0 radical (unpaired) electrons. The van der Waals surface area contributed by atoms with Gasteiger partial charge in [0.15, 0.2) is 0 Å². The second-order valence-corrected chi connectivity index (χ2v) is 10.7. The van der Waals surface area contributed by atoms with Crippen LogP contribution < -0.4 is 0 Å². The monoisotopic (exact) mass is 536 g/mol. The molecule has 6 aromatic carbocycles. The van der Waals surface area contributed by atoms with Crippen LogP contribution in [0, 0.1) is 0 Å². The summed E-state index contributed by atoms with van der Waals surface area (Å²) in [7, 11) is 0. The Kier molecular flexibility index (Phi) is 4.87. The van der Waals surface area contributed by atoms with Gasteiger partial charge in [0.05, 0.1) is 22.1 Å². The predicted octanol–water partition coefficient (Wildman–Crippen LogP) is 9.49. The molecule has 0 fully saturated rings. The summed E-state index contributed by atoms with van der Waals surface area (Å²) in [5, 5.41) is 7.22. The molecule has 3 aromatic heterocycles. The Labute approximate surface area is 241 Å². The maximum absolute atomic E-state index is 4.91. The molecule has 0 saturated heterocycles. The van der Waals surface area contributed by atoms with Crippen LogP contribution in [0.1, 0.15) is 0 Å². The van der Waals surface area contributed by atoms with E-state index in [1.165, 1.54) is 43.4 Å². The van der Waals surface area contributed by atoms with Gasteiger partial charge < -0.3 is 4.57 Å². The number of aromatic nitrogens is 4. The lowest BCUT2D eigenvalue weighted by atomic mass is 10.0. The molecule has 9 aromatic rings. The fraction of sp³-hybridized carbons (Fsp3) is 0. The van der Waals surface area contributed by atoms with Gasteiger partial charge in [0.25, 0.3) is 0 Å². The van der Waals surface area contributed by atoms with Gasteiger partial charge in [-0.1, -0.05) is 97.1 Å². The molecule has 42 heavy (non-hydrogen) atoms. The van der Waals surface area contributed by atoms with E-state index in [9.17, 15) is 0 Å². The lowest BCUT2D eigenvalue weighted by molar-refractivity contribution is 0.992. The van der Waals surface area contributed by atoms with E-state index in [0.29, 0.717) is 5.95 Å². The maximum atomic E-state index is 4.91. The van der Waals surface area contributed by atoms with Crippen molar-refractivity contribution in [1.82, 2.24) is 19.1 Å². The summed E-state index contributed by atoms with van der Waals surface area (Å²) in [5.74, 6) is 0.667. The molecule has 9 rings (SSSR count). The smallest absolute Gasteiger partial charge is 0.234 e. The average molecular weight is 537 g/mol. The predicted molar refractivity (Wildman–Crippen MR) is 174 cm³/mol. The molecule has 0 unspecified atom stereocenters. The maximum Gasteiger partial charge on any atom is 0.234 e. The zero-order chi connectivity index (χ0) is 27.6. The van der Waals surface area contributed by atoms with Gasteiger partial charge in [0.2, 0.25) is 5.95 Å². The summed E-state index contributed by atoms with van der Waals surface area (Å²) in [5.41, 5.74) is 7.88. The van der Waals surface area contributed by atoms with E-state index in [1.807, 2.05) is 30.6 Å². The van der Waals surface area contributed by atoms with Crippen molar-refractivity contribution in [1.29, 1.82) is 0 Å². The number of hydrogen-bond donors (Lipinski definition) is 0. The van der Waals surface area contributed by atoms with Crippen LogP contribution >= 0.6 is 0 Å². The zero-order valence-corrected chi connectivity index (χ0v) is 22.6. The van der Waals surface area contributed by atoms with Crippen LogP contribution in [-0.4, -0.2) is 19.1 Å². The standard InChI is InChI=1S/C38H24N4/c1-3-11-25(12-4-1)27-23-39-38(40-24-27)42-35-18-10-7-15-29(35)31-20-19-26-21-36-33(22-32(26)37(31)42)30-16-8-9-17-34(30)41(36)28-13-5-2-6-14-28/h1-24H. The van der Waals surface area contributed by atoms with Gasteiger partial charge in [-0.05, 0) is 47.3 Å². The van der Waals surface area contributed by atoms with Gasteiger partial charge in [-0.25, -0.2) is 9.97 Å². The molecule has 0 aliphatic carbocycles. The lowest BCUT2D eigenvalue weighted by Crippen LogP contribution is -2.01. The van der Waals surface area contributed by atoms with E-state index in [0.717, 1.165) is 27.8 Å². The van der Waals surface area contributed by atoms with Crippen molar-refractivity contribution >= 4 is 54.4 Å². The molecular formula is C38H24N4. The fourth-order valence-electron chi connectivity index (χ4n) is 6.53. The van der Waals surface area contributed by atoms with E-state index in [1.54, 1.807) is 0 Å². The third kappa shape index (κ3) is 3.29. The van der Waals surface area contributed by atoms with E-state index in [-0.39, 0.29) is 0 Å². The summed E-state index contributed by atoms with van der Waals surface area (Å²) in [6, 6.07) is 47.3. The Morgan fingerprint density at radius 1 is 0.405 bits per heavy atom. The van der Waals surface area contributed by atoms with E-state index in [4.69, 9.17) is 9.97 Å². The number of hydrogen-bond acceptors (Lipinski definition) is 2. The van der Waals surface area contributed by atoms with E-state index >= 15 is 0 Å². The lowest BCUT2D eigenvalue weighted by Gasteiger charge is -2.10. The van der Waals surface area contributed by atoms with Crippen molar-refractivity contribution in [3.05, 3.63) is 146 Å². The first-order valence-electron chi connectivity index (χ1n) is 14.2. The molecule has 3 heterocycles. The summed E-state index contributed by atoms with van der Waals surface area (Å²) in [4.78, 5) is 9.82. The normalized spacial score (nSPS) is 11.8. The van der Waals surface area contributed by atoms with E-state index in [2.05, 4.69) is 124 Å². The molecule has 4 heteroatoms. The van der Waals surface area contributed by atoms with Crippen LogP contribution in [0.5, 0.6) is 0 Å². The highest BCUT2D eigenvalue weighted by Crippen LogP contribution is 2.40. The molecule has 4 nitrogen and oxygen atoms in total. The highest BCUT2D eigenvalue weighted by atomic mass is 15.1. The van der Waals surface area contributed by atoms with E-state index < -0.39 is 0 Å². The average Bonchev–Trinajstić information content (AvgIpc) is 3.57. The summed E-state index contributed by atoms with van der Waals surface area (Å²) in [6.07, 6.45) is 3.85. The Bertz CT molecular complexity index is 2430. The van der Waals surface area contributed by atoms with Crippen molar-refractivity contribution in [2.24, 2.45) is 0 Å². The van der Waals surface area contributed by atoms with Crippen molar-refractivity contribution < 1.29 is 0 Å². The minimum Gasteiger partial charge on any atom is -0.309 e. The van der Waals surface area contributed by atoms with Crippen molar-refractivity contribution in [2.45, 2.75) is 0 Å². The molecule has 0 N–H and O–H groups in total. The first kappa shape index (κ1) is 23.0. The minimum absolute atomic E-state index is 0.667. The SMILES string of the molecule is c1ccc(-c2cnc(-n3c4ccccc4c4ccc5cc6c(cc5c43)c3ccccc3n6-c3ccccc3)nc2)cc1. The molecule has 0 atom stereocenters. The molecule has 0 aliphatic heterocycles. The summed E-state index contributed by atoms with van der Waals surface area (Å²) < 4.78 is 4.60. The summed E-state index contributed by atoms with van der Waals surface area (Å²) in [6.45, 7) is 0. The zero-order valence-electron chi connectivity index (χ0n) is 22.6. The quantitative estimate of drug-likeness (QED) is 0.225. The van der Waals surface area contributed by atoms with Gasteiger partial charge in [-0.3, -0.25) is 4.57 Å². The molecule has 0 bridgehead atoms. The first-order valence-corrected chi connectivity index (χ1v) is 14.2.